The summed E-state index contributed by atoms with van der Waals surface area (Å²) in [6.45, 7) is 6.08. The zero-order chi connectivity index (χ0) is 35.9. The average molecular weight is 763 g/mol. The Balaban J connectivity index is 0.944. The highest BCUT2D eigenvalue weighted by Gasteiger charge is 2.42. The molecule has 8 rings (SSSR count). The van der Waals surface area contributed by atoms with Crippen LogP contribution in [0, 0.1) is 11.8 Å². The van der Waals surface area contributed by atoms with E-state index in [1.54, 1.807) is 23.5 Å². The molecule has 2 aliphatic heterocycles. The van der Waals surface area contributed by atoms with Crippen LogP contribution in [-0.2, 0) is 9.59 Å². The van der Waals surface area contributed by atoms with E-state index in [1.807, 2.05) is 72.8 Å². The Labute approximate surface area is 320 Å². The first-order valence-electron chi connectivity index (χ1n) is 17.7. The summed E-state index contributed by atoms with van der Waals surface area (Å²) in [6, 6.07) is 24.2. The number of para-hydroxylation sites is 2. The van der Waals surface area contributed by atoms with Crippen LogP contribution < -0.4 is 9.80 Å². The van der Waals surface area contributed by atoms with Crippen LogP contribution in [0.5, 0.6) is 0 Å². The van der Waals surface area contributed by atoms with E-state index in [2.05, 4.69) is 47.9 Å². The first-order chi connectivity index (χ1) is 25.4. The van der Waals surface area contributed by atoms with E-state index < -0.39 is 11.8 Å². The van der Waals surface area contributed by atoms with Crippen LogP contribution in [0.4, 0.5) is 11.4 Å². The minimum absolute atomic E-state index is 0.0609. The van der Waals surface area contributed by atoms with Gasteiger partial charge in [-0.25, -0.2) is 0 Å². The lowest BCUT2D eigenvalue weighted by Gasteiger charge is -2.27. The first kappa shape index (κ1) is 34.8. The topological polar surface area (TPSA) is 81.1 Å². The number of rotatable bonds is 12. The molecule has 0 saturated carbocycles. The van der Waals surface area contributed by atoms with E-state index in [0.29, 0.717) is 11.1 Å². The van der Waals surface area contributed by atoms with E-state index in [4.69, 9.17) is 0 Å². The van der Waals surface area contributed by atoms with Gasteiger partial charge < -0.3 is 20.0 Å². The molecular weight excluding hydrogens is 725 g/mol. The molecule has 0 fully saturated rings. The number of aliphatic hydroxyl groups is 2. The van der Waals surface area contributed by atoms with E-state index in [0.717, 1.165) is 79.7 Å². The number of Topliss-reactive ketones (excluding diaryl/α,β-unsaturated/α-hetero) is 2. The summed E-state index contributed by atoms with van der Waals surface area (Å²) in [5.74, 6) is -1.14. The predicted molar refractivity (Wildman–Crippen MR) is 219 cm³/mol. The maximum atomic E-state index is 13.4. The number of thioether (sulfide) groups is 2. The molecule has 2 atom stereocenters. The SMILES string of the molecule is CCCCN1/C(=C/C2C(=O)C(c3ccc(/C=C/c4ccc(C5=C(O)C(/C=C6\Sc7ccccc7N6CCCC)C5=O)s4)s3)=C2O)Sc2ccccc21. The van der Waals surface area contributed by atoms with Gasteiger partial charge >= 0.3 is 0 Å². The van der Waals surface area contributed by atoms with Gasteiger partial charge in [-0.05, 0) is 85.7 Å². The molecule has 4 heterocycles. The van der Waals surface area contributed by atoms with E-state index in [1.165, 1.54) is 32.5 Å². The summed E-state index contributed by atoms with van der Waals surface area (Å²) < 4.78 is 0. The van der Waals surface area contributed by atoms with E-state index in [-0.39, 0.29) is 23.1 Å². The van der Waals surface area contributed by atoms with Crippen LogP contribution in [0.3, 0.4) is 0 Å². The molecule has 4 aromatic rings. The second-order valence-corrected chi connectivity index (χ2v) is 17.5. The lowest BCUT2D eigenvalue weighted by atomic mass is 9.81. The number of fused-ring (bicyclic) bond motifs is 2. The molecule has 6 nitrogen and oxygen atoms in total. The summed E-state index contributed by atoms with van der Waals surface area (Å²) in [7, 11) is 0. The number of thiophene rings is 2. The third kappa shape index (κ3) is 6.29. The molecule has 52 heavy (non-hydrogen) atoms. The third-order valence-electron chi connectivity index (χ3n) is 9.68. The zero-order valence-corrected chi connectivity index (χ0v) is 32.1. The molecule has 2 N–H and O–H groups in total. The number of hydrogen-bond acceptors (Lipinski definition) is 10. The van der Waals surface area contributed by atoms with Crippen molar-refractivity contribution in [3.63, 3.8) is 0 Å². The summed E-state index contributed by atoms with van der Waals surface area (Å²) in [6.07, 6.45) is 12.0. The van der Waals surface area contributed by atoms with Gasteiger partial charge in [0.05, 0.1) is 32.6 Å². The van der Waals surface area contributed by atoms with Crippen LogP contribution in [0.25, 0.3) is 23.3 Å². The van der Waals surface area contributed by atoms with Gasteiger partial charge in [-0.2, -0.15) is 0 Å². The molecule has 0 spiro atoms. The Morgan fingerprint density at radius 1 is 0.615 bits per heavy atom. The highest BCUT2D eigenvalue weighted by molar-refractivity contribution is 8.04. The molecule has 2 unspecified atom stereocenters. The van der Waals surface area contributed by atoms with Gasteiger partial charge in [0.2, 0.25) is 0 Å². The van der Waals surface area contributed by atoms with Crippen molar-refractivity contribution in [2.24, 2.45) is 11.8 Å². The second-order valence-electron chi connectivity index (χ2n) is 13.1. The van der Waals surface area contributed by atoms with E-state index in [9.17, 15) is 19.8 Å². The lowest BCUT2D eigenvalue weighted by molar-refractivity contribution is -0.118. The first-order valence-corrected chi connectivity index (χ1v) is 21.0. The number of benzene rings is 2. The fraction of sp³-hybridized carbons (Fsp3) is 0.238. The predicted octanol–water partition coefficient (Wildman–Crippen LogP) is 11.4. The van der Waals surface area contributed by atoms with Crippen molar-refractivity contribution in [1.82, 2.24) is 0 Å². The number of unbranched alkanes of at least 4 members (excludes halogenated alkanes) is 2. The fourth-order valence-corrected chi connectivity index (χ4v) is 11.1. The maximum Gasteiger partial charge on any atom is 0.182 e. The zero-order valence-electron chi connectivity index (χ0n) is 28.9. The summed E-state index contributed by atoms with van der Waals surface area (Å²) >= 11 is 6.23. The fourth-order valence-electron chi connectivity index (χ4n) is 6.82. The highest BCUT2D eigenvalue weighted by Crippen LogP contribution is 2.50. The third-order valence-corrected chi connectivity index (χ3v) is 14.1. The molecule has 264 valence electrons. The summed E-state index contributed by atoms with van der Waals surface area (Å²) in [5, 5.41) is 24.2. The number of ketones is 2. The van der Waals surface area contributed by atoms with Crippen molar-refractivity contribution in [2.75, 3.05) is 22.9 Å². The summed E-state index contributed by atoms with van der Waals surface area (Å²) in [5.41, 5.74) is 3.11. The van der Waals surface area contributed by atoms with Gasteiger partial charge in [0.15, 0.2) is 11.6 Å². The minimum Gasteiger partial charge on any atom is -0.510 e. The van der Waals surface area contributed by atoms with Crippen molar-refractivity contribution in [3.8, 4) is 0 Å². The Hall–Kier alpha value is -4.22. The van der Waals surface area contributed by atoms with Crippen LogP contribution in [0.1, 0.15) is 59.0 Å². The molecule has 0 saturated heterocycles. The molecule has 2 aliphatic carbocycles. The normalized spacial score (nSPS) is 21.2. The number of allylic oxidation sites excluding steroid dienone is 4. The Kier molecular flexibility index (Phi) is 9.82. The Morgan fingerprint density at radius 2 is 1.04 bits per heavy atom. The van der Waals surface area contributed by atoms with Crippen molar-refractivity contribution in [3.05, 3.63) is 126 Å². The quantitative estimate of drug-likeness (QED) is 0.148. The van der Waals surface area contributed by atoms with Gasteiger partial charge in [-0.3, -0.25) is 9.59 Å². The molecule has 4 aliphatic rings. The number of aliphatic hydroxyl groups excluding tert-OH is 2. The van der Waals surface area contributed by atoms with Gasteiger partial charge in [0.1, 0.15) is 23.4 Å². The van der Waals surface area contributed by atoms with Gasteiger partial charge in [0, 0.05) is 42.4 Å². The molecule has 2 aromatic heterocycles. The molecule has 0 amide bonds. The number of nitrogens with zero attached hydrogens (tertiary/aromatic N) is 2. The van der Waals surface area contributed by atoms with Crippen molar-refractivity contribution >= 4 is 92.4 Å². The highest BCUT2D eigenvalue weighted by atomic mass is 32.2. The van der Waals surface area contributed by atoms with Crippen LogP contribution >= 0.6 is 46.2 Å². The Bertz CT molecular complexity index is 2080. The average Bonchev–Trinajstić information content (AvgIpc) is 3.96. The second kappa shape index (κ2) is 14.7. The largest absolute Gasteiger partial charge is 0.510 e. The van der Waals surface area contributed by atoms with Crippen molar-refractivity contribution in [1.29, 1.82) is 0 Å². The number of carbonyl (C=O) groups excluding carboxylic acids is 2. The van der Waals surface area contributed by atoms with Crippen molar-refractivity contribution < 1.29 is 19.8 Å². The number of hydrogen-bond donors (Lipinski definition) is 2. The van der Waals surface area contributed by atoms with E-state index >= 15 is 0 Å². The molecule has 0 radical (unpaired) electrons. The van der Waals surface area contributed by atoms with Crippen molar-refractivity contribution in [2.45, 2.75) is 49.3 Å². The van der Waals surface area contributed by atoms with Crippen LogP contribution in [-0.4, -0.2) is 34.9 Å². The van der Waals surface area contributed by atoms with Crippen LogP contribution in [0.2, 0.25) is 0 Å². The Morgan fingerprint density at radius 3 is 1.44 bits per heavy atom. The summed E-state index contributed by atoms with van der Waals surface area (Å²) in [4.78, 5) is 37.0. The molecular formula is C42H38N2O4S4. The smallest absolute Gasteiger partial charge is 0.182 e. The number of carbonyl (C=O) groups is 2. The molecule has 2 aromatic carbocycles. The van der Waals surface area contributed by atoms with Gasteiger partial charge in [0.25, 0.3) is 0 Å². The molecule has 0 bridgehead atoms. The maximum absolute atomic E-state index is 13.4. The van der Waals surface area contributed by atoms with Gasteiger partial charge in [-0.15, -0.1) is 22.7 Å². The van der Waals surface area contributed by atoms with Crippen LogP contribution in [0.15, 0.2) is 116 Å². The lowest BCUT2D eigenvalue weighted by Crippen LogP contribution is -2.30. The number of anilines is 2. The molecule has 10 heteroatoms. The standard InChI is InChI=1S/C42H38N2O4S4/c1-3-5-21-43-29-11-7-9-13-31(29)51-35(43)23-27-39(45)37(40(27)46)33-19-17-25(49-33)15-16-26-18-20-34(50-26)38-41(47)28(42(38)48)24-36-44(22-6-4-2)30-12-8-10-14-32(30)52-36/h7-20,23-24,27-28,45,47H,3-6,21-22H2,1-2H3/b16-15+,35-23-,36-24-. The van der Waals surface area contributed by atoms with Gasteiger partial charge in [-0.1, -0.05) is 74.5 Å². The monoisotopic (exact) mass is 762 g/mol. The minimum atomic E-state index is -0.634.